The number of hydrogen-bond acceptors (Lipinski definition) is 5. The summed E-state index contributed by atoms with van der Waals surface area (Å²) < 4.78 is 16.4. The quantitative estimate of drug-likeness (QED) is 0.313. The van der Waals surface area contributed by atoms with Gasteiger partial charge in [0.1, 0.15) is 17.2 Å². The molecule has 0 saturated carbocycles. The van der Waals surface area contributed by atoms with E-state index in [0.717, 1.165) is 17.1 Å². The summed E-state index contributed by atoms with van der Waals surface area (Å²) in [5.74, 6) is 1.23. The second kappa shape index (κ2) is 11.7. The van der Waals surface area contributed by atoms with Crippen LogP contribution in [0.1, 0.15) is 28.8 Å². The Hall–Kier alpha value is -3.64. The lowest BCUT2D eigenvalue weighted by Crippen LogP contribution is -2.24. The van der Waals surface area contributed by atoms with E-state index in [-0.39, 0.29) is 12.2 Å². The van der Waals surface area contributed by atoms with E-state index in [0.29, 0.717) is 30.8 Å². The van der Waals surface area contributed by atoms with Gasteiger partial charge >= 0.3 is 5.97 Å². The van der Waals surface area contributed by atoms with Gasteiger partial charge < -0.3 is 19.3 Å². The standard InChI is InChI=1S/C26H26O6/c1-30-25(26(28)29)18-19-9-11-20(12-10-19)24(27)8-5-17-31-21-13-15-23(16-14-21)32-22-6-3-2-4-7-22/h2-4,6-7,9-16,25H,5,8,17-18H2,1H3,(H,28,29)/t25-/m0/s1. The van der Waals surface area contributed by atoms with Crippen molar-refractivity contribution >= 4 is 11.8 Å². The van der Waals surface area contributed by atoms with E-state index in [1.807, 2.05) is 54.6 Å². The average Bonchev–Trinajstić information content (AvgIpc) is 2.82. The lowest BCUT2D eigenvalue weighted by molar-refractivity contribution is -0.148. The Morgan fingerprint density at radius 3 is 2.09 bits per heavy atom. The van der Waals surface area contributed by atoms with Crippen LogP contribution in [0.3, 0.4) is 0 Å². The molecular weight excluding hydrogens is 408 g/mol. The van der Waals surface area contributed by atoms with Crippen LogP contribution in [-0.2, 0) is 16.0 Å². The van der Waals surface area contributed by atoms with Crippen LogP contribution in [0.2, 0.25) is 0 Å². The van der Waals surface area contributed by atoms with Crippen molar-refractivity contribution in [3.8, 4) is 17.2 Å². The number of benzene rings is 3. The van der Waals surface area contributed by atoms with Gasteiger partial charge in [0.15, 0.2) is 11.9 Å². The Morgan fingerprint density at radius 1 is 0.844 bits per heavy atom. The molecule has 0 saturated heterocycles. The third-order valence-electron chi connectivity index (χ3n) is 4.88. The minimum atomic E-state index is -1.01. The highest BCUT2D eigenvalue weighted by Crippen LogP contribution is 2.23. The number of carboxylic acid groups (broad SMARTS) is 1. The van der Waals surface area contributed by atoms with Crippen molar-refractivity contribution in [1.29, 1.82) is 0 Å². The van der Waals surface area contributed by atoms with E-state index >= 15 is 0 Å². The van der Waals surface area contributed by atoms with Gasteiger partial charge in [0.2, 0.25) is 0 Å². The maximum atomic E-state index is 12.4. The first-order chi connectivity index (χ1) is 15.5. The van der Waals surface area contributed by atoms with Crippen LogP contribution in [0, 0.1) is 0 Å². The van der Waals surface area contributed by atoms with E-state index in [1.165, 1.54) is 7.11 Å². The molecule has 3 aromatic carbocycles. The molecule has 0 aromatic heterocycles. The van der Waals surface area contributed by atoms with Crippen LogP contribution in [0.5, 0.6) is 17.2 Å². The second-order valence-corrected chi connectivity index (χ2v) is 7.23. The van der Waals surface area contributed by atoms with Gasteiger partial charge in [-0.1, -0.05) is 42.5 Å². The third kappa shape index (κ3) is 6.96. The number of ketones is 1. The molecule has 3 aromatic rings. The average molecular weight is 434 g/mol. The Kier molecular flexibility index (Phi) is 8.40. The third-order valence-corrected chi connectivity index (χ3v) is 4.88. The number of carboxylic acids is 1. The fourth-order valence-electron chi connectivity index (χ4n) is 3.11. The van der Waals surface area contributed by atoms with Crippen LogP contribution >= 0.6 is 0 Å². The van der Waals surface area contributed by atoms with Crippen molar-refractivity contribution in [2.45, 2.75) is 25.4 Å². The molecule has 6 nitrogen and oxygen atoms in total. The van der Waals surface area contributed by atoms with Crippen LogP contribution in [0.4, 0.5) is 0 Å². The molecule has 32 heavy (non-hydrogen) atoms. The highest BCUT2D eigenvalue weighted by molar-refractivity contribution is 5.96. The minimum absolute atomic E-state index is 0.0216. The number of carbonyl (C=O) groups excluding carboxylic acids is 1. The van der Waals surface area contributed by atoms with Gasteiger partial charge in [-0.15, -0.1) is 0 Å². The zero-order valence-corrected chi connectivity index (χ0v) is 17.9. The summed E-state index contributed by atoms with van der Waals surface area (Å²) in [5, 5.41) is 9.06. The maximum Gasteiger partial charge on any atom is 0.333 e. The Balaban J connectivity index is 1.40. The van der Waals surface area contributed by atoms with Crippen molar-refractivity contribution in [1.82, 2.24) is 0 Å². The topological polar surface area (TPSA) is 82.1 Å². The SMILES string of the molecule is CO[C@@H](Cc1ccc(C(=O)CCCOc2ccc(Oc3ccccc3)cc2)cc1)C(=O)O. The van der Waals surface area contributed by atoms with Gasteiger partial charge in [0.25, 0.3) is 0 Å². The highest BCUT2D eigenvalue weighted by atomic mass is 16.5. The lowest BCUT2D eigenvalue weighted by Gasteiger charge is -2.10. The molecule has 0 aliphatic heterocycles. The molecule has 6 heteroatoms. The largest absolute Gasteiger partial charge is 0.494 e. The summed E-state index contributed by atoms with van der Waals surface area (Å²) in [4.78, 5) is 23.4. The lowest BCUT2D eigenvalue weighted by atomic mass is 10.0. The second-order valence-electron chi connectivity index (χ2n) is 7.23. The predicted molar refractivity (Wildman–Crippen MR) is 121 cm³/mol. The van der Waals surface area contributed by atoms with Gasteiger partial charge in [-0.3, -0.25) is 4.79 Å². The summed E-state index contributed by atoms with van der Waals surface area (Å²) >= 11 is 0. The maximum absolute atomic E-state index is 12.4. The van der Waals surface area contributed by atoms with E-state index in [9.17, 15) is 9.59 Å². The molecule has 0 unspecified atom stereocenters. The first-order valence-electron chi connectivity index (χ1n) is 10.4. The van der Waals surface area contributed by atoms with Crippen LogP contribution in [-0.4, -0.2) is 36.7 Å². The number of carbonyl (C=O) groups is 2. The van der Waals surface area contributed by atoms with Crippen LogP contribution in [0.25, 0.3) is 0 Å². The van der Waals surface area contributed by atoms with E-state index in [1.54, 1.807) is 24.3 Å². The number of aliphatic carboxylic acids is 1. The smallest absolute Gasteiger partial charge is 0.333 e. The molecule has 0 aliphatic rings. The number of hydrogen-bond donors (Lipinski definition) is 1. The number of para-hydroxylation sites is 1. The monoisotopic (exact) mass is 434 g/mol. The van der Waals surface area contributed by atoms with Gasteiger partial charge in [0.05, 0.1) is 6.61 Å². The summed E-state index contributed by atoms with van der Waals surface area (Å²) in [7, 11) is 1.37. The minimum Gasteiger partial charge on any atom is -0.494 e. The van der Waals surface area contributed by atoms with Gasteiger partial charge in [-0.2, -0.15) is 0 Å². The molecule has 0 amide bonds. The Morgan fingerprint density at radius 2 is 1.47 bits per heavy atom. The molecule has 0 bridgehead atoms. The van der Waals surface area contributed by atoms with Crippen molar-refractivity contribution < 1.29 is 28.9 Å². The molecule has 166 valence electrons. The van der Waals surface area contributed by atoms with E-state index in [2.05, 4.69) is 0 Å². The summed E-state index contributed by atoms with van der Waals surface area (Å²) in [6, 6.07) is 23.9. The first-order valence-corrected chi connectivity index (χ1v) is 10.4. The molecule has 1 atom stereocenters. The summed E-state index contributed by atoms with van der Waals surface area (Å²) in [6.07, 6.45) is 0.314. The van der Waals surface area contributed by atoms with Crippen molar-refractivity contribution in [3.05, 3.63) is 90.0 Å². The van der Waals surface area contributed by atoms with Gasteiger partial charge in [-0.25, -0.2) is 4.79 Å². The molecule has 0 heterocycles. The fourth-order valence-corrected chi connectivity index (χ4v) is 3.11. The van der Waals surface area contributed by atoms with Crippen molar-refractivity contribution in [2.24, 2.45) is 0 Å². The van der Waals surface area contributed by atoms with Crippen molar-refractivity contribution in [2.75, 3.05) is 13.7 Å². The number of ether oxygens (including phenoxy) is 3. The van der Waals surface area contributed by atoms with Crippen LogP contribution in [0.15, 0.2) is 78.9 Å². The fraction of sp³-hybridized carbons (Fsp3) is 0.231. The molecule has 0 fully saturated rings. The van der Waals surface area contributed by atoms with Gasteiger partial charge in [-0.05, 0) is 48.4 Å². The predicted octanol–water partition coefficient (Wildman–Crippen LogP) is 5.16. The molecule has 0 aliphatic carbocycles. The molecule has 0 radical (unpaired) electrons. The summed E-state index contributed by atoms with van der Waals surface area (Å²) in [5.41, 5.74) is 1.40. The zero-order chi connectivity index (χ0) is 22.8. The van der Waals surface area contributed by atoms with Crippen LogP contribution < -0.4 is 9.47 Å². The van der Waals surface area contributed by atoms with E-state index < -0.39 is 12.1 Å². The molecule has 0 spiro atoms. The first kappa shape index (κ1) is 23.0. The van der Waals surface area contributed by atoms with Gasteiger partial charge in [0, 0.05) is 25.5 Å². The van der Waals surface area contributed by atoms with Crippen molar-refractivity contribution in [3.63, 3.8) is 0 Å². The molecule has 3 rings (SSSR count). The molecule has 1 N–H and O–H groups in total. The zero-order valence-electron chi connectivity index (χ0n) is 17.9. The number of Topliss-reactive ketones (excluding diaryl/α,β-unsaturated/α-hetero) is 1. The normalized spacial score (nSPS) is 11.5. The number of rotatable bonds is 12. The Bertz CT molecular complexity index is 997. The highest BCUT2D eigenvalue weighted by Gasteiger charge is 2.17. The number of methoxy groups -OCH3 is 1. The Labute approximate surface area is 187 Å². The molecular formula is C26H26O6. The summed E-state index contributed by atoms with van der Waals surface area (Å²) in [6.45, 7) is 0.427. The van der Waals surface area contributed by atoms with E-state index in [4.69, 9.17) is 19.3 Å².